The third-order valence-electron chi connectivity index (χ3n) is 4.42. The van der Waals surface area contributed by atoms with Crippen LogP contribution in [-0.4, -0.2) is 44.1 Å². The first-order valence-electron chi connectivity index (χ1n) is 8.11. The Morgan fingerprint density at radius 3 is 2.46 bits per heavy atom. The van der Waals surface area contributed by atoms with Crippen LogP contribution in [0.15, 0.2) is 36.4 Å². The van der Waals surface area contributed by atoms with Crippen molar-refractivity contribution in [1.82, 2.24) is 4.90 Å². The van der Waals surface area contributed by atoms with Gasteiger partial charge in [0, 0.05) is 32.2 Å². The Morgan fingerprint density at radius 1 is 1.12 bits per heavy atom. The fraction of sp³-hybridized carbons (Fsp3) is 0.263. The molecule has 3 rings (SSSR count). The van der Waals surface area contributed by atoms with Crippen molar-refractivity contribution in [1.29, 1.82) is 5.26 Å². The molecule has 134 valence electrons. The maximum absolute atomic E-state index is 14.1. The molecule has 7 heteroatoms. The van der Waals surface area contributed by atoms with E-state index in [4.69, 9.17) is 10.00 Å². The predicted octanol–water partition coefficient (Wildman–Crippen LogP) is 2.81. The number of ether oxygens (including phenoxy) is 1. The number of carbonyl (C=O) groups is 1. The van der Waals surface area contributed by atoms with Crippen molar-refractivity contribution in [3.8, 4) is 11.8 Å². The van der Waals surface area contributed by atoms with Gasteiger partial charge >= 0.3 is 0 Å². The number of hydrogen-bond donors (Lipinski definition) is 0. The number of methoxy groups -OCH3 is 1. The lowest BCUT2D eigenvalue weighted by Crippen LogP contribution is -2.49. The van der Waals surface area contributed by atoms with Crippen LogP contribution >= 0.6 is 0 Å². The molecule has 1 aliphatic rings. The Balaban J connectivity index is 1.72. The molecule has 0 spiro atoms. The molecule has 0 unspecified atom stereocenters. The van der Waals surface area contributed by atoms with Crippen LogP contribution in [0.25, 0.3) is 0 Å². The van der Waals surface area contributed by atoms with Crippen molar-refractivity contribution >= 4 is 11.6 Å². The molecule has 1 amide bonds. The molecule has 0 aromatic heterocycles. The van der Waals surface area contributed by atoms with E-state index in [0.717, 1.165) is 0 Å². The maximum atomic E-state index is 14.1. The van der Waals surface area contributed by atoms with Crippen molar-refractivity contribution in [2.75, 3.05) is 38.2 Å². The summed E-state index contributed by atoms with van der Waals surface area (Å²) in [6.45, 7) is 1.57. The molecular formula is C19H17F2N3O2. The highest BCUT2D eigenvalue weighted by atomic mass is 19.1. The maximum Gasteiger partial charge on any atom is 0.256 e. The lowest BCUT2D eigenvalue weighted by Gasteiger charge is -2.36. The van der Waals surface area contributed by atoms with Crippen LogP contribution in [0.2, 0.25) is 0 Å². The number of benzene rings is 2. The van der Waals surface area contributed by atoms with Crippen LogP contribution < -0.4 is 9.64 Å². The topological polar surface area (TPSA) is 56.6 Å². The minimum Gasteiger partial charge on any atom is -0.497 e. The SMILES string of the molecule is COc1ccc(C(=O)N2CCN(c3cccc(F)c3C#N)CC2)c(F)c1. The molecule has 1 fully saturated rings. The molecule has 26 heavy (non-hydrogen) atoms. The summed E-state index contributed by atoms with van der Waals surface area (Å²) in [6.07, 6.45) is 0. The Morgan fingerprint density at radius 2 is 1.85 bits per heavy atom. The third-order valence-corrected chi connectivity index (χ3v) is 4.42. The average molecular weight is 357 g/mol. The highest BCUT2D eigenvalue weighted by molar-refractivity contribution is 5.94. The van der Waals surface area contributed by atoms with E-state index in [1.807, 2.05) is 11.0 Å². The zero-order valence-corrected chi connectivity index (χ0v) is 14.2. The van der Waals surface area contributed by atoms with E-state index in [1.165, 1.54) is 25.3 Å². The van der Waals surface area contributed by atoms with E-state index in [9.17, 15) is 13.6 Å². The van der Waals surface area contributed by atoms with E-state index in [2.05, 4.69) is 0 Å². The van der Waals surface area contributed by atoms with Gasteiger partial charge in [0.15, 0.2) is 0 Å². The zero-order valence-electron chi connectivity index (χ0n) is 14.2. The number of nitriles is 1. The molecule has 0 radical (unpaired) electrons. The molecule has 1 aliphatic heterocycles. The molecule has 2 aromatic rings. The summed E-state index contributed by atoms with van der Waals surface area (Å²) in [7, 11) is 1.43. The van der Waals surface area contributed by atoms with Crippen LogP contribution in [0.1, 0.15) is 15.9 Å². The van der Waals surface area contributed by atoms with Crippen LogP contribution in [-0.2, 0) is 0 Å². The minimum atomic E-state index is -0.631. The summed E-state index contributed by atoms with van der Waals surface area (Å²) in [6, 6.07) is 10.5. The smallest absolute Gasteiger partial charge is 0.256 e. The first-order valence-corrected chi connectivity index (χ1v) is 8.11. The average Bonchev–Trinajstić information content (AvgIpc) is 2.67. The number of nitrogens with zero attached hydrogens (tertiary/aromatic N) is 3. The third kappa shape index (κ3) is 3.31. The highest BCUT2D eigenvalue weighted by Gasteiger charge is 2.26. The van der Waals surface area contributed by atoms with Crippen LogP contribution in [0.5, 0.6) is 5.75 Å². The van der Waals surface area contributed by atoms with Crippen molar-refractivity contribution in [3.05, 3.63) is 59.2 Å². The van der Waals surface area contributed by atoms with Gasteiger partial charge in [-0.15, -0.1) is 0 Å². The second-order valence-corrected chi connectivity index (χ2v) is 5.87. The number of piperazine rings is 1. The number of anilines is 1. The number of hydrogen-bond acceptors (Lipinski definition) is 4. The summed E-state index contributed by atoms with van der Waals surface area (Å²) in [4.78, 5) is 16.0. The molecule has 0 saturated carbocycles. The van der Waals surface area contributed by atoms with Gasteiger partial charge in [-0.25, -0.2) is 8.78 Å². The molecule has 0 atom stereocenters. The van der Waals surface area contributed by atoms with Crippen molar-refractivity contribution in [3.63, 3.8) is 0 Å². The normalized spacial score (nSPS) is 14.1. The van der Waals surface area contributed by atoms with Gasteiger partial charge in [0.05, 0.1) is 18.4 Å². The largest absolute Gasteiger partial charge is 0.497 e. The van der Waals surface area contributed by atoms with Gasteiger partial charge in [-0.3, -0.25) is 4.79 Å². The summed E-state index contributed by atoms with van der Waals surface area (Å²) in [5.41, 5.74) is 0.492. The van der Waals surface area contributed by atoms with Crippen molar-refractivity contribution < 1.29 is 18.3 Å². The molecule has 0 bridgehead atoms. The van der Waals surface area contributed by atoms with E-state index >= 15 is 0 Å². The molecule has 5 nitrogen and oxygen atoms in total. The van der Waals surface area contributed by atoms with Crippen molar-refractivity contribution in [2.45, 2.75) is 0 Å². The standard InChI is InChI=1S/C19H17F2N3O2/c1-26-13-5-6-14(17(21)11-13)19(25)24-9-7-23(8-10-24)18-4-2-3-16(20)15(18)12-22/h2-6,11H,7-10H2,1H3. The van der Waals surface area contributed by atoms with Gasteiger partial charge in [-0.05, 0) is 24.3 Å². The van der Waals surface area contributed by atoms with E-state index in [0.29, 0.717) is 37.6 Å². The second-order valence-electron chi connectivity index (χ2n) is 5.87. The second kappa shape index (κ2) is 7.40. The Bertz CT molecular complexity index is 872. The first-order chi connectivity index (χ1) is 12.5. The minimum absolute atomic E-state index is 0.00604. The van der Waals surface area contributed by atoms with Crippen molar-refractivity contribution in [2.24, 2.45) is 0 Å². The van der Waals surface area contributed by atoms with Gasteiger partial charge in [0.2, 0.25) is 0 Å². The van der Waals surface area contributed by atoms with Gasteiger partial charge in [-0.2, -0.15) is 5.26 Å². The Labute approximate surface area is 150 Å². The lowest BCUT2D eigenvalue weighted by atomic mass is 10.1. The van der Waals surface area contributed by atoms with Gasteiger partial charge in [0.25, 0.3) is 5.91 Å². The fourth-order valence-corrected chi connectivity index (χ4v) is 3.00. The van der Waals surface area contributed by atoms with Gasteiger partial charge < -0.3 is 14.5 Å². The molecule has 1 saturated heterocycles. The number of rotatable bonds is 3. The zero-order chi connectivity index (χ0) is 18.7. The first kappa shape index (κ1) is 17.7. The van der Waals surface area contributed by atoms with Crippen LogP contribution in [0, 0.1) is 23.0 Å². The number of halogens is 2. The van der Waals surface area contributed by atoms with Gasteiger partial charge in [-0.1, -0.05) is 6.07 Å². The van der Waals surface area contributed by atoms with Gasteiger partial charge in [0.1, 0.15) is 29.0 Å². The summed E-state index contributed by atoms with van der Waals surface area (Å²) < 4.78 is 32.8. The van der Waals surface area contributed by atoms with E-state index in [-0.39, 0.29) is 11.1 Å². The number of amides is 1. The Kier molecular flexibility index (Phi) is 5.03. The summed E-state index contributed by atoms with van der Waals surface area (Å²) in [5, 5.41) is 9.16. The van der Waals surface area contributed by atoms with E-state index in [1.54, 1.807) is 23.1 Å². The molecule has 0 aliphatic carbocycles. The van der Waals surface area contributed by atoms with Crippen LogP contribution in [0.4, 0.5) is 14.5 Å². The van der Waals surface area contributed by atoms with Crippen LogP contribution in [0.3, 0.4) is 0 Å². The summed E-state index contributed by atoms with van der Waals surface area (Å²) >= 11 is 0. The quantitative estimate of drug-likeness (QED) is 0.848. The molecule has 0 N–H and O–H groups in total. The Hall–Kier alpha value is -3.14. The molecule has 2 aromatic carbocycles. The monoisotopic (exact) mass is 357 g/mol. The fourth-order valence-electron chi connectivity index (χ4n) is 3.00. The van der Waals surface area contributed by atoms with E-state index < -0.39 is 17.5 Å². The molecular weight excluding hydrogens is 340 g/mol. The number of carbonyl (C=O) groups excluding carboxylic acids is 1. The lowest BCUT2D eigenvalue weighted by molar-refractivity contribution is 0.0742. The summed E-state index contributed by atoms with van der Waals surface area (Å²) in [5.74, 6) is -1.25. The molecule has 1 heterocycles. The predicted molar refractivity (Wildman–Crippen MR) is 92.2 cm³/mol. The highest BCUT2D eigenvalue weighted by Crippen LogP contribution is 2.24.